The Labute approximate surface area is 167 Å². The Bertz CT molecular complexity index is 900. The van der Waals surface area contributed by atoms with E-state index in [-0.39, 0.29) is 16.8 Å². The first-order valence-corrected chi connectivity index (χ1v) is 10.0. The molecule has 1 heterocycles. The van der Waals surface area contributed by atoms with Crippen LogP contribution in [0.2, 0.25) is 0 Å². The molecule has 0 spiro atoms. The maximum atomic E-state index is 12.5. The quantitative estimate of drug-likeness (QED) is 0.274. The molecule has 13 heteroatoms. The van der Waals surface area contributed by atoms with E-state index in [0.29, 0.717) is 4.90 Å². The molecule has 2 rings (SSSR count). The van der Waals surface area contributed by atoms with E-state index in [2.05, 4.69) is 4.91 Å². The highest BCUT2D eigenvalue weighted by atomic mass is 31.2. The summed E-state index contributed by atoms with van der Waals surface area (Å²) in [5.74, 6) is -2.41. The average Bonchev–Trinajstić information content (AvgIpc) is 2.85. The van der Waals surface area contributed by atoms with Crippen LogP contribution in [0.5, 0.6) is 0 Å². The third-order valence-corrected chi connectivity index (χ3v) is 7.84. The van der Waals surface area contributed by atoms with Crippen molar-refractivity contribution in [3.05, 3.63) is 39.4 Å². The summed E-state index contributed by atoms with van der Waals surface area (Å²) >= 11 is 0. The minimum atomic E-state index is -2.50. The van der Waals surface area contributed by atoms with Crippen LogP contribution in [0.3, 0.4) is 0 Å². The Kier molecular flexibility index (Phi) is 6.53. The number of non-ortho nitro benzene ring substituents is 1. The largest absolute Gasteiger partial charge is 0.354 e. The summed E-state index contributed by atoms with van der Waals surface area (Å²) in [5.41, 5.74) is -0.436. The number of hydrogen-bond acceptors (Lipinski definition) is 7. The summed E-state index contributed by atoms with van der Waals surface area (Å²) in [7, 11) is 8.26. The van der Waals surface area contributed by atoms with Gasteiger partial charge in [-0.1, -0.05) is 0 Å². The molecule has 12 nitrogen and oxygen atoms in total. The van der Waals surface area contributed by atoms with Gasteiger partial charge in [-0.3, -0.25) is 24.6 Å². The summed E-state index contributed by atoms with van der Waals surface area (Å²) in [5, 5.41) is 10.9. The SMILES string of the molecule is CN(C)P(=NOC(=O)CN1C(=O)c2ccc([N+](=O)[O-])cc2C1=O)(N(C)C)N(C)C. The predicted molar refractivity (Wildman–Crippen MR) is 105 cm³/mol. The molecule has 158 valence electrons. The predicted octanol–water partition coefficient (Wildman–Crippen LogP) is 1.28. The zero-order chi connectivity index (χ0) is 22.1. The highest BCUT2D eigenvalue weighted by molar-refractivity contribution is 7.58. The van der Waals surface area contributed by atoms with Gasteiger partial charge in [0, 0.05) is 12.1 Å². The molecule has 1 aromatic rings. The van der Waals surface area contributed by atoms with Crippen molar-refractivity contribution in [2.45, 2.75) is 0 Å². The van der Waals surface area contributed by atoms with Gasteiger partial charge in [-0.2, -0.15) is 0 Å². The van der Waals surface area contributed by atoms with E-state index in [1.54, 1.807) is 42.3 Å². The fraction of sp³-hybridized carbons (Fsp3) is 0.438. The molecule has 29 heavy (non-hydrogen) atoms. The van der Waals surface area contributed by atoms with Crippen LogP contribution in [0.25, 0.3) is 0 Å². The number of nitrogens with zero attached hydrogens (tertiary/aromatic N) is 6. The number of nitro groups is 1. The second-order valence-electron chi connectivity index (χ2n) is 6.81. The molecule has 0 N–H and O–H groups in total. The Hall–Kier alpha value is -2.66. The van der Waals surface area contributed by atoms with Crippen LogP contribution in [-0.2, 0) is 9.63 Å². The number of benzene rings is 1. The van der Waals surface area contributed by atoms with Crippen molar-refractivity contribution >= 4 is 31.0 Å². The van der Waals surface area contributed by atoms with E-state index in [1.807, 2.05) is 14.0 Å². The zero-order valence-corrected chi connectivity index (χ0v) is 17.9. The number of carbonyl (C=O) groups excluding carboxylic acids is 3. The van der Waals surface area contributed by atoms with Crippen molar-refractivity contribution < 1.29 is 24.1 Å². The molecule has 1 aliphatic heterocycles. The fourth-order valence-corrected chi connectivity index (χ4v) is 5.87. The van der Waals surface area contributed by atoms with Gasteiger partial charge in [0.15, 0.2) is 0 Å². The lowest BCUT2D eigenvalue weighted by atomic mass is 10.1. The van der Waals surface area contributed by atoms with Crippen LogP contribution >= 0.6 is 7.51 Å². The van der Waals surface area contributed by atoms with Crippen molar-refractivity contribution in [1.82, 2.24) is 18.9 Å². The maximum Gasteiger partial charge on any atom is 0.354 e. The summed E-state index contributed by atoms with van der Waals surface area (Å²) < 4.78 is 5.46. The third-order valence-electron chi connectivity index (χ3n) is 4.31. The molecule has 1 aliphatic rings. The minimum Gasteiger partial charge on any atom is -0.314 e. The van der Waals surface area contributed by atoms with Crippen molar-refractivity contribution in [1.29, 1.82) is 0 Å². The van der Waals surface area contributed by atoms with E-state index in [1.165, 1.54) is 6.07 Å². The van der Waals surface area contributed by atoms with E-state index in [9.17, 15) is 24.5 Å². The van der Waals surface area contributed by atoms with Crippen LogP contribution in [0, 0.1) is 10.1 Å². The summed E-state index contributed by atoms with van der Waals surface area (Å²) in [4.78, 5) is 57.3. The van der Waals surface area contributed by atoms with Gasteiger partial charge < -0.3 is 4.84 Å². The molecule has 0 radical (unpaired) electrons. The van der Waals surface area contributed by atoms with Crippen LogP contribution in [0.4, 0.5) is 5.69 Å². The molecule has 0 aliphatic carbocycles. The number of fused-ring (bicyclic) bond motifs is 1. The van der Waals surface area contributed by atoms with E-state index in [0.717, 1.165) is 12.1 Å². The highest BCUT2D eigenvalue weighted by Crippen LogP contribution is 2.54. The zero-order valence-electron chi connectivity index (χ0n) is 17.0. The molecule has 0 atom stereocenters. The molecule has 2 amide bonds. The molecule has 0 unspecified atom stereocenters. The van der Waals surface area contributed by atoms with E-state index < -0.39 is 36.8 Å². The number of rotatable bonds is 7. The van der Waals surface area contributed by atoms with Gasteiger partial charge >= 0.3 is 5.97 Å². The molecule has 0 saturated carbocycles. The normalized spacial score (nSPS) is 14.0. The standard InChI is InChI=1S/C16H23N6O6P/c1-18(2)29(19(3)4,20(5)6)17-28-14(23)10-21-15(24)12-8-7-11(22(26)27)9-13(12)16(21)25/h7-9H,10H2,1-6H3. The summed E-state index contributed by atoms with van der Waals surface area (Å²) in [6, 6.07) is 3.35. The topological polar surface area (TPSA) is 129 Å². The molecule has 0 fully saturated rings. The summed E-state index contributed by atoms with van der Waals surface area (Å²) in [6.45, 7) is -0.655. The molecular formula is C16H23N6O6P. The van der Waals surface area contributed by atoms with Crippen LogP contribution in [0.15, 0.2) is 23.1 Å². The van der Waals surface area contributed by atoms with Crippen molar-refractivity contribution in [2.24, 2.45) is 4.91 Å². The van der Waals surface area contributed by atoms with Crippen LogP contribution in [-0.4, -0.2) is 90.4 Å². The van der Waals surface area contributed by atoms with Gasteiger partial charge in [-0.05, 0) is 53.3 Å². The molecule has 0 bridgehead atoms. The van der Waals surface area contributed by atoms with Gasteiger partial charge in [0.2, 0.25) is 7.51 Å². The van der Waals surface area contributed by atoms with Gasteiger partial charge in [0.1, 0.15) is 6.54 Å². The molecule has 0 saturated heterocycles. The van der Waals surface area contributed by atoms with Crippen molar-refractivity contribution in [3.63, 3.8) is 0 Å². The Morgan fingerprint density at radius 1 is 1.07 bits per heavy atom. The lowest BCUT2D eigenvalue weighted by Gasteiger charge is -2.39. The second kappa shape index (κ2) is 8.37. The third kappa shape index (κ3) is 4.06. The fourth-order valence-electron chi connectivity index (χ4n) is 3.09. The number of imide groups is 1. The number of amides is 2. The molecular weight excluding hydrogens is 403 g/mol. The lowest BCUT2D eigenvalue weighted by molar-refractivity contribution is -0.384. The monoisotopic (exact) mass is 426 g/mol. The first-order valence-electron chi connectivity index (χ1n) is 8.43. The first-order chi connectivity index (χ1) is 13.4. The van der Waals surface area contributed by atoms with E-state index in [4.69, 9.17) is 4.84 Å². The van der Waals surface area contributed by atoms with Crippen molar-refractivity contribution in [3.8, 4) is 0 Å². The average molecular weight is 426 g/mol. The van der Waals surface area contributed by atoms with Gasteiger partial charge in [0.05, 0.1) is 16.1 Å². The Morgan fingerprint density at radius 3 is 2.07 bits per heavy atom. The summed E-state index contributed by atoms with van der Waals surface area (Å²) in [6.07, 6.45) is 0. The minimum absolute atomic E-state index is 0.00191. The van der Waals surface area contributed by atoms with Crippen LogP contribution < -0.4 is 0 Å². The van der Waals surface area contributed by atoms with Crippen LogP contribution in [0.1, 0.15) is 20.7 Å². The molecule has 1 aromatic carbocycles. The van der Waals surface area contributed by atoms with Crippen molar-refractivity contribution in [2.75, 3.05) is 48.8 Å². The van der Waals surface area contributed by atoms with Gasteiger partial charge in [-0.25, -0.2) is 18.8 Å². The lowest BCUT2D eigenvalue weighted by Crippen LogP contribution is -2.35. The highest BCUT2D eigenvalue weighted by Gasteiger charge is 2.38. The Balaban J connectivity index is 2.24. The number of carbonyl (C=O) groups is 3. The number of nitro benzene ring substituents is 1. The maximum absolute atomic E-state index is 12.5. The first kappa shape index (κ1) is 22.6. The molecule has 0 aromatic heterocycles. The van der Waals surface area contributed by atoms with Gasteiger partial charge in [-0.15, -0.1) is 0 Å². The second-order valence-corrected chi connectivity index (χ2v) is 10.4. The van der Waals surface area contributed by atoms with E-state index >= 15 is 0 Å². The number of hydrogen-bond donors (Lipinski definition) is 0. The Morgan fingerprint density at radius 2 is 1.59 bits per heavy atom. The smallest absolute Gasteiger partial charge is 0.314 e. The van der Waals surface area contributed by atoms with Gasteiger partial charge in [0.25, 0.3) is 17.5 Å².